The van der Waals surface area contributed by atoms with Gasteiger partial charge >= 0.3 is 0 Å². The van der Waals surface area contributed by atoms with E-state index >= 15 is 0 Å². The molecule has 2 aromatic carbocycles. The summed E-state index contributed by atoms with van der Waals surface area (Å²) >= 11 is 12.3. The van der Waals surface area contributed by atoms with Crippen molar-refractivity contribution in [2.45, 2.75) is 26.1 Å². The molecule has 136 valence electrons. The number of hydrogen-bond acceptors (Lipinski definition) is 3. The maximum atomic E-state index is 6.20. The minimum absolute atomic E-state index is 0.426. The molecule has 0 fully saturated rings. The van der Waals surface area contributed by atoms with Crippen molar-refractivity contribution in [2.75, 3.05) is 6.54 Å². The van der Waals surface area contributed by atoms with E-state index in [2.05, 4.69) is 14.9 Å². The molecule has 0 radical (unpaired) electrons. The van der Waals surface area contributed by atoms with E-state index in [0.29, 0.717) is 23.2 Å². The number of aromatic nitrogens is 2. The molecular formula is C20H21Cl2N3O. The largest absolute Gasteiger partial charge is 0.489 e. The number of ether oxygens (including phenoxy) is 1. The van der Waals surface area contributed by atoms with Crippen LogP contribution in [0.5, 0.6) is 5.75 Å². The molecule has 1 aromatic heterocycles. The van der Waals surface area contributed by atoms with Gasteiger partial charge in [0.2, 0.25) is 0 Å². The van der Waals surface area contributed by atoms with Gasteiger partial charge in [-0.3, -0.25) is 0 Å². The Bertz CT molecular complexity index is 822. The van der Waals surface area contributed by atoms with E-state index in [0.717, 1.165) is 36.4 Å². The zero-order chi connectivity index (χ0) is 18.2. The Morgan fingerprint density at radius 2 is 1.96 bits per heavy atom. The van der Waals surface area contributed by atoms with E-state index in [1.807, 2.05) is 55.0 Å². The normalized spacial score (nSPS) is 10.8. The summed E-state index contributed by atoms with van der Waals surface area (Å²) in [7, 11) is 0. The van der Waals surface area contributed by atoms with Gasteiger partial charge in [-0.2, -0.15) is 0 Å². The quantitative estimate of drug-likeness (QED) is 0.526. The van der Waals surface area contributed by atoms with Crippen molar-refractivity contribution in [3.63, 3.8) is 0 Å². The fourth-order valence-corrected chi connectivity index (χ4v) is 3.01. The molecule has 1 N–H and O–H groups in total. The number of nitrogens with zero attached hydrogens (tertiary/aromatic N) is 2. The lowest BCUT2D eigenvalue weighted by Gasteiger charge is -2.13. The van der Waals surface area contributed by atoms with Gasteiger partial charge in [0.1, 0.15) is 12.4 Å². The summed E-state index contributed by atoms with van der Waals surface area (Å²) in [5.74, 6) is 0.816. The van der Waals surface area contributed by atoms with Gasteiger partial charge in [-0.1, -0.05) is 41.4 Å². The summed E-state index contributed by atoms with van der Waals surface area (Å²) in [5, 5.41) is 4.85. The summed E-state index contributed by atoms with van der Waals surface area (Å²) < 4.78 is 8.05. The number of halogens is 2. The molecule has 0 aliphatic heterocycles. The summed E-state index contributed by atoms with van der Waals surface area (Å²) in [6.07, 6.45) is 6.62. The molecule has 0 saturated carbocycles. The molecule has 3 rings (SSSR count). The van der Waals surface area contributed by atoms with Crippen molar-refractivity contribution in [3.8, 4) is 5.75 Å². The van der Waals surface area contributed by atoms with Crippen molar-refractivity contribution < 1.29 is 4.74 Å². The first kappa shape index (κ1) is 18.8. The van der Waals surface area contributed by atoms with Gasteiger partial charge in [0, 0.05) is 46.7 Å². The molecule has 0 bridgehead atoms. The molecule has 1 heterocycles. The molecule has 0 aliphatic carbocycles. The maximum absolute atomic E-state index is 6.20. The molecule has 0 unspecified atom stereocenters. The summed E-state index contributed by atoms with van der Waals surface area (Å²) in [6.45, 7) is 2.96. The van der Waals surface area contributed by atoms with Crippen LogP contribution in [0.2, 0.25) is 10.0 Å². The first-order chi connectivity index (χ1) is 12.7. The third kappa shape index (κ3) is 5.49. The molecule has 0 aliphatic rings. The third-order valence-corrected chi connectivity index (χ3v) is 4.61. The fraction of sp³-hybridized carbons (Fsp3) is 0.250. The average molecular weight is 390 g/mol. The van der Waals surface area contributed by atoms with Crippen LogP contribution in [-0.4, -0.2) is 16.1 Å². The molecule has 3 aromatic rings. The third-order valence-electron chi connectivity index (χ3n) is 4.01. The molecule has 0 atom stereocenters. The first-order valence-electron chi connectivity index (χ1n) is 8.53. The molecule has 0 spiro atoms. The number of imidazole rings is 1. The fourth-order valence-electron chi connectivity index (χ4n) is 2.63. The predicted octanol–water partition coefficient (Wildman–Crippen LogP) is 4.95. The topological polar surface area (TPSA) is 39.1 Å². The SMILES string of the molecule is Clc1ccc(OCc2ccccc2Cl)c(CNCCCn2ccnc2)c1. The highest BCUT2D eigenvalue weighted by atomic mass is 35.5. The lowest BCUT2D eigenvalue weighted by atomic mass is 10.2. The summed E-state index contributed by atoms with van der Waals surface area (Å²) in [6, 6.07) is 13.4. The maximum Gasteiger partial charge on any atom is 0.124 e. The second kappa shape index (κ2) is 9.62. The van der Waals surface area contributed by atoms with Crippen molar-refractivity contribution >= 4 is 23.2 Å². The molecule has 0 saturated heterocycles. The highest BCUT2D eigenvalue weighted by Crippen LogP contribution is 2.25. The van der Waals surface area contributed by atoms with Gasteiger partial charge in [0.05, 0.1) is 6.33 Å². The predicted molar refractivity (Wildman–Crippen MR) is 106 cm³/mol. The van der Waals surface area contributed by atoms with Gasteiger partial charge in [0.25, 0.3) is 0 Å². The Hall–Kier alpha value is -2.01. The highest BCUT2D eigenvalue weighted by Gasteiger charge is 2.07. The van der Waals surface area contributed by atoms with Crippen LogP contribution in [0.15, 0.2) is 61.2 Å². The highest BCUT2D eigenvalue weighted by molar-refractivity contribution is 6.31. The van der Waals surface area contributed by atoms with Crippen LogP contribution in [0.3, 0.4) is 0 Å². The minimum Gasteiger partial charge on any atom is -0.489 e. The summed E-state index contributed by atoms with van der Waals surface area (Å²) in [4.78, 5) is 4.04. The number of hydrogen-bond donors (Lipinski definition) is 1. The van der Waals surface area contributed by atoms with Gasteiger partial charge in [0.15, 0.2) is 0 Å². The van der Waals surface area contributed by atoms with Crippen molar-refractivity contribution in [1.29, 1.82) is 0 Å². The monoisotopic (exact) mass is 389 g/mol. The Morgan fingerprint density at radius 1 is 1.08 bits per heavy atom. The zero-order valence-electron chi connectivity index (χ0n) is 14.4. The van der Waals surface area contributed by atoms with Crippen molar-refractivity contribution in [2.24, 2.45) is 0 Å². The molecule has 26 heavy (non-hydrogen) atoms. The molecule has 0 amide bonds. The van der Waals surface area contributed by atoms with Crippen LogP contribution in [-0.2, 0) is 19.7 Å². The second-order valence-corrected chi connectivity index (χ2v) is 6.81. The van der Waals surface area contributed by atoms with Crippen LogP contribution in [0, 0.1) is 0 Å². The van der Waals surface area contributed by atoms with Crippen molar-refractivity contribution in [3.05, 3.63) is 82.4 Å². The number of aryl methyl sites for hydroxylation is 1. The van der Waals surface area contributed by atoms with E-state index in [1.54, 1.807) is 6.20 Å². The van der Waals surface area contributed by atoms with Crippen LogP contribution in [0.4, 0.5) is 0 Å². The molecule has 4 nitrogen and oxygen atoms in total. The van der Waals surface area contributed by atoms with E-state index in [1.165, 1.54) is 0 Å². The Balaban J connectivity index is 1.53. The van der Waals surface area contributed by atoms with Crippen LogP contribution in [0.25, 0.3) is 0 Å². The summed E-state index contributed by atoms with van der Waals surface area (Å²) in [5.41, 5.74) is 2.00. The second-order valence-electron chi connectivity index (χ2n) is 5.96. The Labute approximate surface area is 163 Å². The standard InChI is InChI=1S/C20H21Cl2N3O/c21-18-6-7-20(26-14-16-4-1-2-5-19(16)22)17(12-18)13-23-8-3-10-25-11-9-24-15-25/h1-2,4-7,9,11-12,15,23H,3,8,10,13-14H2. The Morgan fingerprint density at radius 3 is 2.77 bits per heavy atom. The number of benzene rings is 2. The zero-order valence-corrected chi connectivity index (χ0v) is 15.9. The van der Waals surface area contributed by atoms with Crippen molar-refractivity contribution in [1.82, 2.24) is 14.9 Å². The lowest BCUT2D eigenvalue weighted by Crippen LogP contribution is -2.17. The van der Waals surface area contributed by atoms with Gasteiger partial charge < -0.3 is 14.6 Å². The smallest absolute Gasteiger partial charge is 0.124 e. The lowest BCUT2D eigenvalue weighted by molar-refractivity contribution is 0.302. The average Bonchev–Trinajstić information content (AvgIpc) is 3.15. The number of rotatable bonds is 9. The van der Waals surface area contributed by atoms with E-state index < -0.39 is 0 Å². The van der Waals surface area contributed by atoms with Crippen LogP contribution < -0.4 is 10.1 Å². The van der Waals surface area contributed by atoms with Crippen LogP contribution in [0.1, 0.15) is 17.5 Å². The van der Waals surface area contributed by atoms with E-state index in [9.17, 15) is 0 Å². The van der Waals surface area contributed by atoms with E-state index in [4.69, 9.17) is 27.9 Å². The Kier molecular flexibility index (Phi) is 6.95. The van der Waals surface area contributed by atoms with E-state index in [-0.39, 0.29) is 0 Å². The minimum atomic E-state index is 0.426. The van der Waals surface area contributed by atoms with Crippen LogP contribution >= 0.6 is 23.2 Å². The van der Waals surface area contributed by atoms with Gasteiger partial charge in [-0.25, -0.2) is 4.98 Å². The van der Waals surface area contributed by atoms with Gasteiger partial charge in [-0.15, -0.1) is 0 Å². The van der Waals surface area contributed by atoms with Gasteiger partial charge in [-0.05, 0) is 37.2 Å². The first-order valence-corrected chi connectivity index (χ1v) is 9.29. The molecular weight excluding hydrogens is 369 g/mol. The molecule has 6 heteroatoms. The number of nitrogens with one attached hydrogen (secondary N) is 1.